The third kappa shape index (κ3) is 6.31. The summed E-state index contributed by atoms with van der Waals surface area (Å²) in [6.45, 7) is -0.329. The van der Waals surface area contributed by atoms with Gasteiger partial charge in [-0.25, -0.2) is 0 Å². The predicted octanol–water partition coefficient (Wildman–Crippen LogP) is 2.98. The molecule has 2 aromatic carbocycles. The number of alkyl halides is 3. The molecule has 0 radical (unpaired) electrons. The van der Waals surface area contributed by atoms with Crippen LogP contribution in [0.1, 0.15) is 11.1 Å². The van der Waals surface area contributed by atoms with Crippen molar-refractivity contribution in [3.63, 3.8) is 0 Å². The van der Waals surface area contributed by atoms with Gasteiger partial charge < -0.3 is 5.32 Å². The summed E-state index contributed by atoms with van der Waals surface area (Å²) in [6.07, 6.45) is -1.60. The fraction of sp³-hybridized carbons (Fsp3) is 0.111. The van der Waals surface area contributed by atoms with Crippen LogP contribution in [0.5, 0.6) is 0 Å². The second-order valence-electron chi connectivity index (χ2n) is 5.21. The predicted molar refractivity (Wildman–Crippen MR) is 91.7 cm³/mol. The molecule has 0 aliphatic heterocycles. The maximum absolute atomic E-state index is 12.6. The van der Waals surface area contributed by atoms with Crippen molar-refractivity contribution in [2.75, 3.05) is 12.0 Å². The molecule has 136 valence electrons. The van der Waals surface area contributed by atoms with Gasteiger partial charge in [-0.3, -0.25) is 20.4 Å². The highest BCUT2D eigenvalue weighted by molar-refractivity contribution is 5.94. The van der Waals surface area contributed by atoms with E-state index in [-0.39, 0.29) is 12.2 Å². The first-order chi connectivity index (χ1) is 12.3. The van der Waals surface area contributed by atoms with E-state index in [1.165, 1.54) is 18.2 Å². The van der Waals surface area contributed by atoms with Gasteiger partial charge in [0.1, 0.15) is 0 Å². The van der Waals surface area contributed by atoms with E-state index in [9.17, 15) is 22.8 Å². The molecule has 0 aromatic heterocycles. The third-order valence-corrected chi connectivity index (χ3v) is 3.19. The van der Waals surface area contributed by atoms with Crippen LogP contribution in [0.25, 0.3) is 6.08 Å². The van der Waals surface area contributed by atoms with Crippen LogP contribution in [-0.4, -0.2) is 18.4 Å². The number of amides is 2. The van der Waals surface area contributed by atoms with E-state index in [0.717, 1.165) is 17.7 Å². The quantitative estimate of drug-likeness (QED) is 0.546. The molecule has 0 spiro atoms. The molecule has 0 saturated heterocycles. The van der Waals surface area contributed by atoms with Gasteiger partial charge in [0.15, 0.2) is 0 Å². The first kappa shape index (κ1) is 19.0. The minimum Gasteiger partial charge on any atom is -0.343 e. The molecule has 0 saturated carbocycles. The summed E-state index contributed by atoms with van der Waals surface area (Å²) in [7, 11) is 0. The second kappa shape index (κ2) is 8.70. The average Bonchev–Trinajstić information content (AvgIpc) is 2.63. The topological polar surface area (TPSA) is 70.2 Å². The molecule has 8 heteroatoms. The maximum atomic E-state index is 12.6. The lowest BCUT2D eigenvalue weighted by Crippen LogP contribution is -2.39. The van der Waals surface area contributed by atoms with Gasteiger partial charge in [0.05, 0.1) is 17.8 Å². The summed E-state index contributed by atoms with van der Waals surface area (Å²) in [5.41, 5.74) is 4.65. The van der Waals surface area contributed by atoms with Crippen molar-refractivity contribution in [2.24, 2.45) is 0 Å². The highest BCUT2D eigenvalue weighted by atomic mass is 19.4. The van der Waals surface area contributed by atoms with Crippen LogP contribution in [-0.2, 0) is 15.8 Å². The number of halogens is 3. The van der Waals surface area contributed by atoms with Gasteiger partial charge in [-0.15, -0.1) is 0 Å². The van der Waals surface area contributed by atoms with E-state index in [0.29, 0.717) is 0 Å². The molecule has 2 rings (SSSR count). The van der Waals surface area contributed by atoms with E-state index in [1.54, 1.807) is 6.08 Å². The number of carbonyl (C=O) groups is 2. The Kier molecular flexibility index (Phi) is 6.37. The maximum Gasteiger partial charge on any atom is 0.416 e. The Morgan fingerprint density at radius 1 is 1.00 bits per heavy atom. The fourth-order valence-corrected chi connectivity index (χ4v) is 1.92. The highest BCUT2D eigenvalue weighted by Crippen LogP contribution is 2.30. The molecular weight excluding hydrogens is 347 g/mol. The second-order valence-corrected chi connectivity index (χ2v) is 5.21. The Bertz CT molecular complexity index is 790. The number of anilines is 1. The lowest BCUT2D eigenvalue weighted by molar-refractivity contribution is -0.137. The molecule has 0 fully saturated rings. The summed E-state index contributed by atoms with van der Waals surface area (Å²) in [4.78, 5) is 23.3. The zero-order chi connectivity index (χ0) is 19.0. The monoisotopic (exact) mass is 363 g/mol. The molecule has 0 atom stereocenters. The van der Waals surface area contributed by atoms with Gasteiger partial charge in [0, 0.05) is 6.08 Å². The summed E-state index contributed by atoms with van der Waals surface area (Å²) in [5.74, 6) is -1.08. The summed E-state index contributed by atoms with van der Waals surface area (Å²) in [5, 5.41) is 2.37. The zero-order valence-electron chi connectivity index (χ0n) is 13.5. The molecule has 2 amide bonds. The van der Waals surface area contributed by atoms with Crippen molar-refractivity contribution in [2.45, 2.75) is 6.18 Å². The SMILES string of the molecule is O=C(/C=C/c1ccccc1)NCC(=O)NNc1cccc(C(F)(F)F)c1. The normalized spacial score (nSPS) is 11.2. The number of rotatable bonds is 6. The van der Waals surface area contributed by atoms with Crippen LogP contribution in [0.15, 0.2) is 60.7 Å². The number of benzene rings is 2. The van der Waals surface area contributed by atoms with Crippen LogP contribution in [0, 0.1) is 0 Å². The standard InChI is InChI=1S/C18H16F3N3O2/c19-18(20,21)14-7-4-8-15(11-14)23-24-17(26)12-22-16(25)10-9-13-5-2-1-3-6-13/h1-11,23H,12H2,(H,22,25)(H,24,26)/b10-9+. The van der Waals surface area contributed by atoms with Gasteiger partial charge in [-0.2, -0.15) is 13.2 Å². The number of hydrazine groups is 1. The number of hydrogen-bond donors (Lipinski definition) is 3. The molecule has 26 heavy (non-hydrogen) atoms. The molecule has 0 aliphatic carbocycles. The van der Waals surface area contributed by atoms with Gasteiger partial charge in [0.25, 0.3) is 5.91 Å². The van der Waals surface area contributed by atoms with E-state index in [4.69, 9.17) is 0 Å². The van der Waals surface area contributed by atoms with E-state index in [2.05, 4.69) is 16.2 Å². The Labute approximate surface area is 147 Å². The van der Waals surface area contributed by atoms with Crippen LogP contribution in [0.3, 0.4) is 0 Å². The molecule has 5 nitrogen and oxygen atoms in total. The van der Waals surface area contributed by atoms with E-state index >= 15 is 0 Å². The summed E-state index contributed by atoms with van der Waals surface area (Å²) < 4.78 is 37.8. The molecule has 3 N–H and O–H groups in total. The van der Waals surface area contributed by atoms with Crippen LogP contribution in [0.4, 0.5) is 18.9 Å². The Hall–Kier alpha value is -3.29. The molecular formula is C18H16F3N3O2. The Morgan fingerprint density at radius 2 is 1.73 bits per heavy atom. The fourth-order valence-electron chi connectivity index (χ4n) is 1.92. The van der Waals surface area contributed by atoms with Crippen LogP contribution in [0.2, 0.25) is 0 Å². The van der Waals surface area contributed by atoms with Gasteiger partial charge >= 0.3 is 6.18 Å². The number of hydrogen-bond acceptors (Lipinski definition) is 3. The van der Waals surface area contributed by atoms with Crippen molar-refractivity contribution in [3.8, 4) is 0 Å². The average molecular weight is 363 g/mol. The lowest BCUT2D eigenvalue weighted by atomic mass is 10.2. The summed E-state index contributed by atoms with van der Waals surface area (Å²) >= 11 is 0. The van der Waals surface area contributed by atoms with Gasteiger partial charge in [-0.1, -0.05) is 36.4 Å². The molecule has 0 bridgehead atoms. The minimum absolute atomic E-state index is 0.0727. The molecule has 0 aliphatic rings. The Balaban J connectivity index is 1.77. The van der Waals surface area contributed by atoms with Crippen molar-refractivity contribution in [1.29, 1.82) is 0 Å². The van der Waals surface area contributed by atoms with Crippen molar-refractivity contribution in [3.05, 3.63) is 71.8 Å². The van der Waals surface area contributed by atoms with E-state index < -0.39 is 23.6 Å². The van der Waals surface area contributed by atoms with E-state index in [1.807, 2.05) is 30.3 Å². The van der Waals surface area contributed by atoms with Crippen LogP contribution >= 0.6 is 0 Å². The lowest BCUT2D eigenvalue weighted by Gasteiger charge is -2.11. The minimum atomic E-state index is -4.47. The molecule has 0 unspecified atom stereocenters. The largest absolute Gasteiger partial charge is 0.416 e. The zero-order valence-corrected chi connectivity index (χ0v) is 13.5. The number of carbonyl (C=O) groups excluding carboxylic acids is 2. The van der Waals surface area contributed by atoms with Crippen molar-refractivity contribution < 1.29 is 22.8 Å². The smallest absolute Gasteiger partial charge is 0.343 e. The van der Waals surface area contributed by atoms with Crippen molar-refractivity contribution >= 4 is 23.6 Å². The van der Waals surface area contributed by atoms with Gasteiger partial charge in [0.2, 0.25) is 5.91 Å². The Morgan fingerprint density at radius 3 is 2.42 bits per heavy atom. The first-order valence-corrected chi connectivity index (χ1v) is 7.58. The molecule has 0 heterocycles. The van der Waals surface area contributed by atoms with Crippen LogP contribution < -0.4 is 16.2 Å². The highest BCUT2D eigenvalue weighted by Gasteiger charge is 2.30. The first-order valence-electron chi connectivity index (χ1n) is 7.58. The third-order valence-electron chi connectivity index (χ3n) is 3.19. The number of nitrogens with one attached hydrogen (secondary N) is 3. The van der Waals surface area contributed by atoms with Gasteiger partial charge in [-0.05, 0) is 29.8 Å². The molecule has 2 aromatic rings. The summed E-state index contributed by atoms with van der Waals surface area (Å²) in [6, 6.07) is 13.5. The van der Waals surface area contributed by atoms with Crippen molar-refractivity contribution in [1.82, 2.24) is 10.7 Å².